The molecule has 2 aromatic rings. The number of hydrogen-bond acceptors (Lipinski definition) is 3. The van der Waals surface area contributed by atoms with Crippen molar-refractivity contribution in [3.8, 4) is 5.75 Å². The van der Waals surface area contributed by atoms with Gasteiger partial charge in [0.05, 0.1) is 6.10 Å². The second kappa shape index (κ2) is 9.40. The highest BCUT2D eigenvalue weighted by atomic mass is 16.5. The number of rotatable bonds is 5. The van der Waals surface area contributed by atoms with Crippen LogP contribution in [0.4, 0.5) is 5.69 Å². The Hall–Kier alpha value is -2.82. The normalized spacial score (nSPS) is 14.8. The molecule has 5 heteroatoms. The molecule has 1 aliphatic heterocycles. The zero-order chi connectivity index (χ0) is 19.9. The van der Waals surface area contributed by atoms with E-state index in [2.05, 4.69) is 29.6 Å². The van der Waals surface area contributed by atoms with E-state index in [1.807, 2.05) is 19.9 Å². The van der Waals surface area contributed by atoms with Crippen LogP contribution in [0.2, 0.25) is 0 Å². The average molecular weight is 380 g/mol. The molecule has 148 valence electrons. The van der Waals surface area contributed by atoms with Crippen LogP contribution in [0.15, 0.2) is 54.6 Å². The first-order chi connectivity index (χ1) is 13.5. The molecule has 28 heavy (non-hydrogen) atoms. The minimum Gasteiger partial charge on any atom is -0.491 e. The molecule has 0 bridgehead atoms. The van der Waals surface area contributed by atoms with E-state index >= 15 is 0 Å². The SMILES string of the molecule is CC(C)Oc1ccc(NC(=O)C(=O)N2CCC(Cc3ccccc3)CC2)cc1. The Kier molecular flexibility index (Phi) is 6.69. The van der Waals surface area contributed by atoms with Gasteiger partial charge in [0, 0.05) is 18.8 Å². The molecule has 1 aliphatic rings. The molecule has 0 atom stereocenters. The van der Waals surface area contributed by atoms with Crippen molar-refractivity contribution in [3.05, 3.63) is 60.2 Å². The highest BCUT2D eigenvalue weighted by Crippen LogP contribution is 2.22. The number of ether oxygens (including phenoxy) is 1. The zero-order valence-electron chi connectivity index (χ0n) is 16.6. The van der Waals surface area contributed by atoms with E-state index in [0.717, 1.165) is 25.0 Å². The standard InChI is InChI=1S/C23H28N2O3/c1-17(2)28-21-10-8-20(9-11-21)24-22(26)23(27)25-14-12-19(13-15-25)16-18-6-4-3-5-7-18/h3-11,17,19H,12-16H2,1-2H3,(H,24,26). The molecule has 0 spiro atoms. The van der Waals surface area contributed by atoms with Crippen LogP contribution in [-0.2, 0) is 16.0 Å². The summed E-state index contributed by atoms with van der Waals surface area (Å²) in [5, 5.41) is 2.68. The van der Waals surface area contributed by atoms with Gasteiger partial charge in [-0.1, -0.05) is 30.3 Å². The third-order valence-electron chi connectivity index (χ3n) is 4.95. The fourth-order valence-corrected chi connectivity index (χ4v) is 3.50. The summed E-state index contributed by atoms with van der Waals surface area (Å²) in [7, 11) is 0. The van der Waals surface area contributed by atoms with Crippen molar-refractivity contribution >= 4 is 17.5 Å². The van der Waals surface area contributed by atoms with Gasteiger partial charge in [-0.3, -0.25) is 9.59 Å². The van der Waals surface area contributed by atoms with Crippen LogP contribution >= 0.6 is 0 Å². The molecule has 1 heterocycles. The topological polar surface area (TPSA) is 58.6 Å². The summed E-state index contributed by atoms with van der Waals surface area (Å²) in [5.74, 6) is 0.252. The number of nitrogens with one attached hydrogen (secondary N) is 1. The van der Waals surface area contributed by atoms with Crippen molar-refractivity contribution in [3.63, 3.8) is 0 Å². The lowest BCUT2D eigenvalue weighted by atomic mass is 9.90. The highest BCUT2D eigenvalue weighted by Gasteiger charge is 2.27. The molecule has 5 nitrogen and oxygen atoms in total. The van der Waals surface area contributed by atoms with Crippen molar-refractivity contribution in [1.29, 1.82) is 0 Å². The van der Waals surface area contributed by atoms with Crippen molar-refractivity contribution < 1.29 is 14.3 Å². The van der Waals surface area contributed by atoms with Crippen LogP contribution in [0.3, 0.4) is 0 Å². The minimum atomic E-state index is -0.584. The number of amides is 2. The van der Waals surface area contributed by atoms with Gasteiger partial charge in [0.15, 0.2) is 0 Å². The molecule has 0 unspecified atom stereocenters. The Morgan fingerprint density at radius 3 is 2.29 bits per heavy atom. The lowest BCUT2D eigenvalue weighted by molar-refractivity contribution is -0.144. The zero-order valence-corrected chi connectivity index (χ0v) is 16.6. The fraction of sp³-hybridized carbons (Fsp3) is 0.391. The van der Waals surface area contributed by atoms with E-state index in [1.54, 1.807) is 29.2 Å². The Balaban J connectivity index is 1.47. The lowest BCUT2D eigenvalue weighted by Crippen LogP contribution is -2.44. The van der Waals surface area contributed by atoms with Gasteiger partial charge in [-0.05, 0) is 68.9 Å². The monoisotopic (exact) mass is 380 g/mol. The summed E-state index contributed by atoms with van der Waals surface area (Å²) in [6.45, 7) is 5.17. The van der Waals surface area contributed by atoms with Crippen molar-refractivity contribution in [1.82, 2.24) is 4.90 Å². The van der Waals surface area contributed by atoms with Crippen LogP contribution < -0.4 is 10.1 Å². The van der Waals surface area contributed by atoms with E-state index in [-0.39, 0.29) is 6.10 Å². The van der Waals surface area contributed by atoms with Gasteiger partial charge in [0.1, 0.15) is 5.75 Å². The molecule has 2 amide bonds. The van der Waals surface area contributed by atoms with E-state index in [1.165, 1.54) is 5.56 Å². The Bertz CT molecular complexity index is 779. The second-order valence-corrected chi connectivity index (χ2v) is 7.57. The van der Waals surface area contributed by atoms with Crippen LogP contribution in [0.1, 0.15) is 32.3 Å². The average Bonchev–Trinajstić information content (AvgIpc) is 2.70. The molecule has 0 aromatic heterocycles. The molecule has 1 saturated heterocycles. The molecule has 0 saturated carbocycles. The summed E-state index contributed by atoms with van der Waals surface area (Å²) < 4.78 is 5.58. The van der Waals surface area contributed by atoms with Crippen LogP contribution in [-0.4, -0.2) is 35.9 Å². The molecular formula is C23H28N2O3. The van der Waals surface area contributed by atoms with E-state index in [9.17, 15) is 9.59 Å². The molecule has 3 rings (SSSR count). The lowest BCUT2D eigenvalue weighted by Gasteiger charge is -2.31. The van der Waals surface area contributed by atoms with Crippen molar-refractivity contribution in [2.45, 2.75) is 39.2 Å². The van der Waals surface area contributed by atoms with Gasteiger partial charge in [0.2, 0.25) is 0 Å². The van der Waals surface area contributed by atoms with Crippen molar-refractivity contribution in [2.75, 3.05) is 18.4 Å². The second-order valence-electron chi connectivity index (χ2n) is 7.57. The number of likely N-dealkylation sites (tertiary alicyclic amines) is 1. The summed E-state index contributed by atoms with van der Waals surface area (Å²) in [6, 6.07) is 17.5. The first kappa shape index (κ1) is 19.9. The smallest absolute Gasteiger partial charge is 0.313 e. The first-order valence-corrected chi connectivity index (χ1v) is 9.92. The molecule has 1 N–H and O–H groups in total. The number of hydrogen-bond donors (Lipinski definition) is 1. The summed E-state index contributed by atoms with van der Waals surface area (Å²) in [6.07, 6.45) is 2.97. The fourth-order valence-electron chi connectivity index (χ4n) is 3.50. The largest absolute Gasteiger partial charge is 0.491 e. The maximum Gasteiger partial charge on any atom is 0.313 e. The predicted molar refractivity (Wildman–Crippen MR) is 110 cm³/mol. The summed E-state index contributed by atoms with van der Waals surface area (Å²) in [4.78, 5) is 26.4. The third-order valence-corrected chi connectivity index (χ3v) is 4.95. The molecule has 0 aliphatic carbocycles. The first-order valence-electron chi connectivity index (χ1n) is 9.92. The maximum atomic E-state index is 12.5. The van der Waals surface area contributed by atoms with Crippen molar-refractivity contribution in [2.24, 2.45) is 5.92 Å². The molecular weight excluding hydrogens is 352 g/mol. The van der Waals surface area contributed by atoms with Gasteiger partial charge >= 0.3 is 11.8 Å². The van der Waals surface area contributed by atoms with E-state index in [4.69, 9.17) is 4.74 Å². The number of carbonyl (C=O) groups excluding carboxylic acids is 2. The van der Waals surface area contributed by atoms with E-state index < -0.39 is 11.8 Å². The number of benzene rings is 2. The van der Waals surface area contributed by atoms with Gasteiger partial charge < -0.3 is 15.0 Å². The van der Waals surface area contributed by atoms with Crippen LogP contribution in [0, 0.1) is 5.92 Å². The molecule has 0 radical (unpaired) electrons. The Labute approximate surface area is 166 Å². The van der Waals surface area contributed by atoms with Gasteiger partial charge in [-0.25, -0.2) is 0 Å². The summed E-state index contributed by atoms with van der Waals surface area (Å²) in [5.41, 5.74) is 1.92. The van der Waals surface area contributed by atoms with Crippen LogP contribution in [0.5, 0.6) is 5.75 Å². The number of piperidine rings is 1. The Morgan fingerprint density at radius 1 is 1.04 bits per heavy atom. The maximum absolute atomic E-state index is 12.5. The Morgan fingerprint density at radius 2 is 1.68 bits per heavy atom. The molecule has 1 fully saturated rings. The number of carbonyl (C=O) groups is 2. The molecule has 2 aromatic carbocycles. The summed E-state index contributed by atoms with van der Waals surface area (Å²) >= 11 is 0. The number of anilines is 1. The van der Waals surface area contributed by atoms with E-state index in [0.29, 0.717) is 24.7 Å². The quantitative estimate of drug-likeness (QED) is 0.801. The predicted octanol–water partition coefficient (Wildman–Crippen LogP) is 3.89. The third kappa shape index (κ3) is 5.59. The van der Waals surface area contributed by atoms with Crippen LogP contribution in [0.25, 0.3) is 0 Å². The van der Waals surface area contributed by atoms with Gasteiger partial charge in [-0.15, -0.1) is 0 Å². The van der Waals surface area contributed by atoms with Gasteiger partial charge in [-0.2, -0.15) is 0 Å². The number of nitrogens with zero attached hydrogens (tertiary/aromatic N) is 1. The minimum absolute atomic E-state index is 0.0897. The highest BCUT2D eigenvalue weighted by molar-refractivity contribution is 6.39. The van der Waals surface area contributed by atoms with Gasteiger partial charge in [0.25, 0.3) is 0 Å².